The van der Waals surface area contributed by atoms with E-state index in [1.54, 1.807) is 0 Å². The van der Waals surface area contributed by atoms with Crippen LogP contribution in [0.5, 0.6) is 0 Å². The lowest BCUT2D eigenvalue weighted by Gasteiger charge is -2.08. The molecule has 2 N–H and O–H groups in total. The van der Waals surface area contributed by atoms with Crippen LogP contribution in [0.4, 0.5) is 15.8 Å². The van der Waals surface area contributed by atoms with Crippen LogP contribution < -0.4 is 10.6 Å². The quantitative estimate of drug-likeness (QED) is 0.852. The molecule has 1 saturated heterocycles. The Morgan fingerprint density at radius 3 is 2.76 bits per heavy atom. The van der Waals surface area contributed by atoms with E-state index in [0.717, 1.165) is 5.69 Å². The second-order valence-corrected chi connectivity index (χ2v) is 6.83. The molecule has 0 aromatic heterocycles. The summed E-state index contributed by atoms with van der Waals surface area (Å²) in [5.41, 5.74) is 1.09. The lowest BCUT2D eigenvalue weighted by Crippen LogP contribution is -2.28. The second kappa shape index (κ2) is 7.67. The van der Waals surface area contributed by atoms with Crippen molar-refractivity contribution in [2.24, 2.45) is 4.99 Å². The van der Waals surface area contributed by atoms with Crippen molar-refractivity contribution in [1.82, 2.24) is 5.32 Å². The first-order chi connectivity index (χ1) is 12.0. The number of anilines is 1. The first-order valence-electron chi connectivity index (χ1n) is 7.37. The van der Waals surface area contributed by atoms with Gasteiger partial charge in [-0.05, 0) is 30.3 Å². The van der Waals surface area contributed by atoms with E-state index in [0.29, 0.717) is 10.9 Å². The summed E-state index contributed by atoms with van der Waals surface area (Å²) in [5, 5.41) is 5.07. The molecule has 0 aliphatic carbocycles. The third-order valence-corrected chi connectivity index (χ3v) is 4.71. The van der Waals surface area contributed by atoms with Gasteiger partial charge in [0.25, 0.3) is 0 Å². The number of nitrogens with one attached hydrogen (secondary N) is 2. The predicted octanol–water partition coefficient (Wildman–Crippen LogP) is 3.73. The zero-order valence-corrected chi connectivity index (χ0v) is 14.4. The van der Waals surface area contributed by atoms with Gasteiger partial charge in [-0.3, -0.25) is 9.59 Å². The van der Waals surface area contributed by atoms with Crippen LogP contribution >= 0.6 is 23.4 Å². The number of amidine groups is 1. The number of halogens is 2. The normalized spacial score (nSPS) is 18.2. The SMILES string of the molecule is O=C(C[C@H]1SC(=Nc2ccccc2)NC1=O)Nc1ccc(F)c(Cl)c1. The third-order valence-electron chi connectivity index (χ3n) is 3.34. The minimum atomic E-state index is -0.571. The van der Waals surface area contributed by atoms with Crippen molar-refractivity contribution in [2.75, 3.05) is 5.32 Å². The van der Waals surface area contributed by atoms with Gasteiger partial charge in [0.05, 0.1) is 10.7 Å². The van der Waals surface area contributed by atoms with E-state index < -0.39 is 11.1 Å². The Labute approximate surface area is 152 Å². The highest BCUT2D eigenvalue weighted by Gasteiger charge is 2.32. The fourth-order valence-electron chi connectivity index (χ4n) is 2.17. The zero-order chi connectivity index (χ0) is 17.8. The Bertz CT molecular complexity index is 845. The molecule has 128 valence electrons. The summed E-state index contributed by atoms with van der Waals surface area (Å²) in [6.07, 6.45) is -0.0285. The van der Waals surface area contributed by atoms with Gasteiger partial charge in [-0.2, -0.15) is 0 Å². The van der Waals surface area contributed by atoms with E-state index in [1.807, 2.05) is 30.3 Å². The van der Waals surface area contributed by atoms with Crippen LogP contribution in [0.3, 0.4) is 0 Å². The highest BCUT2D eigenvalue weighted by atomic mass is 35.5. The predicted molar refractivity (Wildman–Crippen MR) is 97.7 cm³/mol. The number of carbonyl (C=O) groups excluding carboxylic acids is 2. The maximum atomic E-state index is 13.1. The lowest BCUT2D eigenvalue weighted by molar-refractivity contribution is -0.122. The average Bonchev–Trinajstić information content (AvgIpc) is 2.91. The van der Waals surface area contributed by atoms with Gasteiger partial charge in [0.2, 0.25) is 11.8 Å². The summed E-state index contributed by atoms with van der Waals surface area (Å²) in [4.78, 5) is 28.4. The van der Waals surface area contributed by atoms with Gasteiger partial charge in [-0.1, -0.05) is 41.6 Å². The van der Waals surface area contributed by atoms with Gasteiger partial charge in [-0.25, -0.2) is 9.38 Å². The van der Waals surface area contributed by atoms with Crippen molar-refractivity contribution in [3.8, 4) is 0 Å². The maximum Gasteiger partial charge on any atom is 0.240 e. The van der Waals surface area contributed by atoms with Crippen molar-refractivity contribution in [2.45, 2.75) is 11.7 Å². The second-order valence-electron chi connectivity index (χ2n) is 5.23. The number of aliphatic imine (C=N–C) groups is 1. The smallest absolute Gasteiger partial charge is 0.240 e. The van der Waals surface area contributed by atoms with Crippen LogP contribution in [0.1, 0.15) is 6.42 Å². The molecule has 1 fully saturated rings. The van der Waals surface area contributed by atoms with Crippen LogP contribution in [-0.4, -0.2) is 22.2 Å². The molecule has 2 amide bonds. The molecule has 2 aromatic rings. The monoisotopic (exact) mass is 377 g/mol. The Morgan fingerprint density at radius 1 is 1.28 bits per heavy atom. The van der Waals surface area contributed by atoms with Crippen molar-refractivity contribution < 1.29 is 14.0 Å². The molecule has 0 radical (unpaired) electrons. The van der Waals surface area contributed by atoms with Gasteiger partial charge in [0.1, 0.15) is 11.1 Å². The van der Waals surface area contributed by atoms with Gasteiger partial charge < -0.3 is 10.6 Å². The van der Waals surface area contributed by atoms with Gasteiger partial charge in [-0.15, -0.1) is 0 Å². The minimum Gasteiger partial charge on any atom is -0.326 e. The van der Waals surface area contributed by atoms with Crippen LogP contribution in [0.15, 0.2) is 53.5 Å². The molecule has 0 spiro atoms. The molecule has 25 heavy (non-hydrogen) atoms. The molecule has 1 aliphatic rings. The molecule has 1 heterocycles. The van der Waals surface area contributed by atoms with Crippen LogP contribution in [0, 0.1) is 5.82 Å². The minimum absolute atomic E-state index is 0.0285. The molecule has 5 nitrogen and oxygen atoms in total. The van der Waals surface area contributed by atoms with E-state index in [4.69, 9.17) is 11.6 Å². The molecule has 0 saturated carbocycles. The Balaban J connectivity index is 1.61. The molecule has 0 unspecified atom stereocenters. The number of benzene rings is 2. The maximum absolute atomic E-state index is 13.1. The molecule has 1 aliphatic heterocycles. The molecule has 3 rings (SSSR count). The molecular weight excluding hydrogens is 365 g/mol. The van der Waals surface area contributed by atoms with Crippen molar-refractivity contribution in [3.63, 3.8) is 0 Å². The van der Waals surface area contributed by atoms with Crippen LogP contribution in [-0.2, 0) is 9.59 Å². The standard InChI is InChI=1S/C17H13ClFN3O2S/c18-12-8-11(6-7-13(12)19)20-15(23)9-14-16(24)22-17(25-14)21-10-4-2-1-3-5-10/h1-8,14H,9H2,(H,20,23)(H,21,22,24)/t14-/m1/s1. The van der Waals surface area contributed by atoms with E-state index >= 15 is 0 Å². The molecule has 1 atom stereocenters. The number of rotatable bonds is 4. The molecule has 0 bridgehead atoms. The summed E-state index contributed by atoms with van der Waals surface area (Å²) in [6.45, 7) is 0. The van der Waals surface area contributed by atoms with Crippen molar-refractivity contribution in [3.05, 3.63) is 59.4 Å². The third kappa shape index (κ3) is 4.58. The molecular formula is C17H13ClFN3O2S. The summed E-state index contributed by atoms with van der Waals surface area (Å²) in [7, 11) is 0. The van der Waals surface area contributed by atoms with Crippen LogP contribution in [0.25, 0.3) is 0 Å². The fourth-order valence-corrected chi connectivity index (χ4v) is 3.33. The van der Waals surface area contributed by atoms with Crippen molar-refractivity contribution >= 4 is 51.7 Å². The number of nitrogens with zero attached hydrogens (tertiary/aromatic N) is 1. The number of para-hydroxylation sites is 1. The van der Waals surface area contributed by atoms with E-state index in [9.17, 15) is 14.0 Å². The van der Waals surface area contributed by atoms with Crippen LogP contribution in [0.2, 0.25) is 5.02 Å². The summed E-state index contributed by atoms with van der Waals surface area (Å²) in [5.74, 6) is -1.20. The summed E-state index contributed by atoms with van der Waals surface area (Å²) < 4.78 is 13.1. The van der Waals surface area contributed by atoms with Crippen molar-refractivity contribution in [1.29, 1.82) is 0 Å². The van der Waals surface area contributed by atoms with Gasteiger partial charge >= 0.3 is 0 Å². The average molecular weight is 378 g/mol. The largest absolute Gasteiger partial charge is 0.326 e. The zero-order valence-electron chi connectivity index (χ0n) is 12.8. The van der Waals surface area contributed by atoms with E-state index in [2.05, 4.69) is 15.6 Å². The number of hydrogen-bond donors (Lipinski definition) is 2. The number of thioether (sulfide) groups is 1. The first-order valence-corrected chi connectivity index (χ1v) is 8.63. The van der Waals surface area contributed by atoms with Gasteiger partial charge in [0.15, 0.2) is 5.17 Å². The summed E-state index contributed by atoms with van der Waals surface area (Å²) in [6, 6.07) is 13.1. The number of amides is 2. The Morgan fingerprint density at radius 2 is 2.04 bits per heavy atom. The first kappa shape index (κ1) is 17.4. The topological polar surface area (TPSA) is 70.6 Å². The highest BCUT2D eigenvalue weighted by Crippen LogP contribution is 2.26. The number of carbonyl (C=O) groups is 2. The molecule has 8 heteroatoms. The molecule has 2 aromatic carbocycles. The number of hydrogen-bond acceptors (Lipinski definition) is 4. The van der Waals surface area contributed by atoms with E-state index in [-0.39, 0.29) is 23.3 Å². The Kier molecular flexibility index (Phi) is 5.35. The summed E-state index contributed by atoms with van der Waals surface area (Å²) >= 11 is 6.88. The fraction of sp³-hybridized carbons (Fsp3) is 0.118. The Hall–Kier alpha value is -2.38. The lowest BCUT2D eigenvalue weighted by atomic mass is 10.2. The van der Waals surface area contributed by atoms with Gasteiger partial charge in [0, 0.05) is 12.1 Å². The highest BCUT2D eigenvalue weighted by molar-refractivity contribution is 8.15. The van der Waals surface area contributed by atoms with E-state index in [1.165, 1.54) is 30.0 Å².